The molecule has 0 unspecified atom stereocenters. The van der Waals surface area contributed by atoms with Gasteiger partial charge in [0.1, 0.15) is 22.9 Å². The largest absolute Gasteiger partial charge is 0.419 e. The predicted octanol–water partition coefficient (Wildman–Crippen LogP) is 2.47. The number of carbonyl (C=O) groups excluding carboxylic acids is 1. The molecule has 4 aromatic rings. The number of hydrogen-bond donors (Lipinski definition) is 1. The standard InChI is InChI=1S/C21H16F4N8O2/c1-11(13-4-3-5-14(19(13)22)21(23,24)25)28-20(35)15-6-7-18(34)33(30-15)12-8-16(29-26-9-12)17-10-27-31-32(17)2/h3-11H,1-2H3,(H,28,35)/t11-/m1/s1. The Morgan fingerprint density at radius 1 is 1.11 bits per heavy atom. The van der Waals surface area contributed by atoms with Crippen LogP contribution >= 0.6 is 0 Å². The van der Waals surface area contributed by atoms with Crippen LogP contribution in [0, 0.1) is 5.82 Å². The molecular weight excluding hydrogens is 472 g/mol. The summed E-state index contributed by atoms with van der Waals surface area (Å²) in [6.07, 6.45) is -2.18. The van der Waals surface area contributed by atoms with Gasteiger partial charge >= 0.3 is 6.18 Å². The molecule has 0 radical (unpaired) electrons. The predicted molar refractivity (Wildman–Crippen MR) is 113 cm³/mol. The van der Waals surface area contributed by atoms with Crippen LogP contribution in [-0.2, 0) is 13.2 Å². The van der Waals surface area contributed by atoms with Crippen LogP contribution < -0.4 is 10.9 Å². The van der Waals surface area contributed by atoms with Gasteiger partial charge in [0.05, 0.1) is 29.7 Å². The molecule has 4 rings (SSSR count). The van der Waals surface area contributed by atoms with E-state index in [0.717, 1.165) is 28.9 Å². The topological polar surface area (TPSA) is 120 Å². The van der Waals surface area contributed by atoms with Gasteiger partial charge in [-0.05, 0) is 25.1 Å². The van der Waals surface area contributed by atoms with Crippen LogP contribution in [0.25, 0.3) is 17.1 Å². The zero-order valence-electron chi connectivity index (χ0n) is 18.2. The van der Waals surface area contributed by atoms with Crippen LogP contribution in [0.2, 0.25) is 0 Å². The lowest BCUT2D eigenvalue weighted by atomic mass is 10.0. The number of hydrogen-bond acceptors (Lipinski definition) is 7. The minimum Gasteiger partial charge on any atom is -0.344 e. The third kappa shape index (κ3) is 4.76. The van der Waals surface area contributed by atoms with Gasteiger partial charge < -0.3 is 5.32 Å². The maximum absolute atomic E-state index is 14.4. The fraction of sp³-hybridized carbons (Fsp3) is 0.190. The van der Waals surface area contributed by atoms with E-state index in [2.05, 4.69) is 30.9 Å². The smallest absolute Gasteiger partial charge is 0.344 e. The number of benzene rings is 1. The Bertz CT molecular complexity index is 1460. The number of halogens is 4. The van der Waals surface area contributed by atoms with Crippen LogP contribution in [0.4, 0.5) is 17.6 Å². The van der Waals surface area contributed by atoms with E-state index in [1.54, 1.807) is 7.05 Å². The van der Waals surface area contributed by atoms with E-state index in [-0.39, 0.29) is 16.9 Å². The summed E-state index contributed by atoms with van der Waals surface area (Å²) in [5.74, 6) is -2.31. The molecule has 1 aromatic carbocycles. The Morgan fingerprint density at radius 3 is 2.57 bits per heavy atom. The van der Waals surface area contributed by atoms with Gasteiger partial charge in [-0.15, -0.1) is 10.2 Å². The summed E-state index contributed by atoms with van der Waals surface area (Å²) in [5.41, 5.74) is -1.56. The molecule has 0 spiro atoms. The SMILES string of the molecule is C[C@@H](NC(=O)c1ccc(=O)n(-c2cnnc(-c3cnnn3C)c2)n1)c1cccc(C(F)(F)F)c1F. The van der Waals surface area contributed by atoms with Crippen molar-refractivity contribution in [1.29, 1.82) is 0 Å². The van der Waals surface area contributed by atoms with Crippen LogP contribution in [0.15, 0.2) is 53.6 Å². The van der Waals surface area contributed by atoms with Gasteiger partial charge in [0, 0.05) is 18.7 Å². The fourth-order valence-corrected chi connectivity index (χ4v) is 3.29. The summed E-state index contributed by atoms with van der Waals surface area (Å²) in [6, 6.07) is 5.40. The maximum Gasteiger partial charge on any atom is 0.419 e. The summed E-state index contributed by atoms with van der Waals surface area (Å²) < 4.78 is 55.8. The van der Waals surface area contributed by atoms with Gasteiger partial charge in [-0.25, -0.2) is 9.07 Å². The number of nitrogens with one attached hydrogen (secondary N) is 1. The average Bonchev–Trinajstić information content (AvgIpc) is 3.24. The van der Waals surface area contributed by atoms with Crippen molar-refractivity contribution in [2.45, 2.75) is 19.1 Å². The highest BCUT2D eigenvalue weighted by molar-refractivity contribution is 5.92. The molecule has 0 aliphatic carbocycles. The van der Waals surface area contributed by atoms with Crippen LogP contribution in [-0.4, -0.2) is 40.9 Å². The Labute approximate surface area is 194 Å². The second-order valence-electron chi connectivity index (χ2n) is 7.41. The van der Waals surface area contributed by atoms with Crippen molar-refractivity contribution in [2.75, 3.05) is 0 Å². The molecular formula is C21H16F4N8O2. The normalized spacial score (nSPS) is 12.4. The van der Waals surface area contributed by atoms with E-state index in [9.17, 15) is 27.2 Å². The quantitative estimate of drug-likeness (QED) is 0.429. The first kappa shape index (κ1) is 23.7. The first-order chi connectivity index (χ1) is 16.6. The van der Waals surface area contributed by atoms with E-state index in [0.29, 0.717) is 17.5 Å². The van der Waals surface area contributed by atoms with Crippen molar-refractivity contribution in [3.63, 3.8) is 0 Å². The second-order valence-corrected chi connectivity index (χ2v) is 7.41. The number of nitrogens with zero attached hydrogens (tertiary/aromatic N) is 7. The lowest BCUT2D eigenvalue weighted by Crippen LogP contribution is -2.31. The molecule has 0 aliphatic rings. The van der Waals surface area contributed by atoms with Crippen molar-refractivity contribution in [1.82, 2.24) is 40.3 Å². The number of carbonyl (C=O) groups is 1. The fourth-order valence-electron chi connectivity index (χ4n) is 3.29. The number of aryl methyl sites for hydroxylation is 1. The van der Waals surface area contributed by atoms with E-state index in [4.69, 9.17) is 0 Å². The summed E-state index contributed by atoms with van der Waals surface area (Å²) in [4.78, 5) is 25.1. The number of amides is 1. The van der Waals surface area contributed by atoms with Crippen LogP contribution in [0.5, 0.6) is 0 Å². The van der Waals surface area contributed by atoms with Gasteiger partial charge in [-0.3, -0.25) is 9.59 Å². The first-order valence-corrected chi connectivity index (χ1v) is 10.0. The van der Waals surface area contributed by atoms with Crippen molar-refractivity contribution in [3.05, 3.63) is 81.8 Å². The molecule has 0 saturated heterocycles. The highest BCUT2D eigenvalue weighted by Gasteiger charge is 2.35. The molecule has 1 amide bonds. The molecule has 35 heavy (non-hydrogen) atoms. The average molecular weight is 488 g/mol. The maximum atomic E-state index is 14.4. The molecule has 0 bridgehead atoms. The van der Waals surface area contributed by atoms with E-state index in [1.165, 1.54) is 30.1 Å². The van der Waals surface area contributed by atoms with Crippen molar-refractivity contribution >= 4 is 5.91 Å². The molecule has 0 aliphatic heterocycles. The highest BCUT2D eigenvalue weighted by atomic mass is 19.4. The third-order valence-corrected chi connectivity index (χ3v) is 5.04. The summed E-state index contributed by atoms with van der Waals surface area (Å²) in [7, 11) is 1.64. The Morgan fingerprint density at radius 2 is 1.89 bits per heavy atom. The van der Waals surface area contributed by atoms with Crippen LogP contribution in [0.1, 0.15) is 34.6 Å². The molecule has 1 atom stereocenters. The van der Waals surface area contributed by atoms with Crippen molar-refractivity contribution in [2.24, 2.45) is 7.05 Å². The summed E-state index contributed by atoms with van der Waals surface area (Å²) in [5, 5.41) is 21.8. The van der Waals surface area contributed by atoms with Crippen LogP contribution in [0.3, 0.4) is 0 Å². The van der Waals surface area contributed by atoms with E-state index in [1.807, 2.05) is 0 Å². The minimum atomic E-state index is -4.89. The molecule has 3 aromatic heterocycles. The lowest BCUT2D eigenvalue weighted by molar-refractivity contribution is -0.140. The molecule has 3 heterocycles. The number of rotatable bonds is 5. The monoisotopic (exact) mass is 488 g/mol. The first-order valence-electron chi connectivity index (χ1n) is 10.0. The molecule has 14 heteroatoms. The second kappa shape index (κ2) is 9.04. The molecule has 10 nitrogen and oxygen atoms in total. The summed E-state index contributed by atoms with van der Waals surface area (Å²) >= 11 is 0. The molecule has 0 fully saturated rings. The Hall–Kier alpha value is -4.49. The zero-order valence-corrected chi connectivity index (χ0v) is 18.2. The third-order valence-electron chi connectivity index (χ3n) is 5.04. The molecule has 180 valence electrons. The van der Waals surface area contributed by atoms with Crippen molar-refractivity contribution in [3.8, 4) is 17.1 Å². The molecule has 0 saturated carbocycles. The lowest BCUT2D eigenvalue weighted by Gasteiger charge is -2.17. The van der Waals surface area contributed by atoms with Gasteiger partial charge in [-0.1, -0.05) is 17.3 Å². The number of alkyl halides is 3. The zero-order chi connectivity index (χ0) is 25.3. The van der Waals surface area contributed by atoms with Gasteiger partial charge in [0.2, 0.25) is 0 Å². The van der Waals surface area contributed by atoms with Gasteiger partial charge in [-0.2, -0.15) is 28.1 Å². The van der Waals surface area contributed by atoms with Crippen molar-refractivity contribution < 1.29 is 22.4 Å². The van der Waals surface area contributed by atoms with E-state index >= 15 is 0 Å². The molecule has 1 N–H and O–H groups in total. The number of aromatic nitrogens is 7. The van der Waals surface area contributed by atoms with E-state index < -0.39 is 35.1 Å². The van der Waals surface area contributed by atoms with Gasteiger partial charge in [0.25, 0.3) is 11.5 Å². The summed E-state index contributed by atoms with van der Waals surface area (Å²) in [6.45, 7) is 1.33. The Balaban J connectivity index is 1.62. The highest BCUT2D eigenvalue weighted by Crippen LogP contribution is 2.33. The minimum absolute atomic E-state index is 0.188. The van der Waals surface area contributed by atoms with Gasteiger partial charge in [0.15, 0.2) is 0 Å². The Kier molecular flexibility index (Phi) is 6.11.